The largest absolute Gasteiger partial charge is 0.389 e. The van der Waals surface area contributed by atoms with E-state index in [0.717, 1.165) is 30.9 Å². The third kappa shape index (κ3) is 4.63. The van der Waals surface area contributed by atoms with Gasteiger partial charge in [0, 0.05) is 11.1 Å². The molecule has 0 radical (unpaired) electrons. The number of nitrogens with zero attached hydrogens (tertiary/aromatic N) is 1. The number of nitrogen functional groups attached to an aromatic ring is 2. The molecule has 1 fully saturated rings. The minimum Gasteiger partial charge on any atom is -0.389 e. The first-order chi connectivity index (χ1) is 13.6. The molecule has 29 heavy (non-hydrogen) atoms. The summed E-state index contributed by atoms with van der Waals surface area (Å²) in [6, 6.07) is 10.8. The average Bonchev–Trinajstić information content (AvgIpc) is 3.32. The molecule has 1 aliphatic rings. The summed E-state index contributed by atoms with van der Waals surface area (Å²) in [4.78, 5) is 5.60. The van der Waals surface area contributed by atoms with Gasteiger partial charge in [0.1, 0.15) is 21.5 Å². The Morgan fingerprint density at radius 3 is 2.45 bits per heavy atom. The first kappa shape index (κ1) is 22.2. The van der Waals surface area contributed by atoms with Crippen molar-refractivity contribution in [1.82, 2.24) is 4.98 Å². The van der Waals surface area contributed by atoms with E-state index in [9.17, 15) is 0 Å². The van der Waals surface area contributed by atoms with Crippen LogP contribution in [0.2, 0.25) is 0 Å². The zero-order valence-corrected chi connectivity index (χ0v) is 19.5. The number of hydrogen-bond donors (Lipinski definition) is 3. The van der Waals surface area contributed by atoms with E-state index in [-0.39, 0.29) is 18.2 Å². The van der Waals surface area contributed by atoms with Crippen LogP contribution < -0.4 is 11.5 Å². The third-order valence-electron chi connectivity index (χ3n) is 5.29. The minimum atomic E-state index is 0. The molecule has 0 aliphatic heterocycles. The molecule has 0 saturated heterocycles. The van der Waals surface area contributed by atoms with Gasteiger partial charge >= 0.3 is 0 Å². The number of amidine groups is 1. The number of thiazole rings is 1. The Balaban J connectivity index is 0.00000240. The summed E-state index contributed by atoms with van der Waals surface area (Å²) >= 11 is 4.67. The van der Waals surface area contributed by atoms with Crippen LogP contribution in [-0.4, -0.2) is 17.1 Å². The highest BCUT2D eigenvalue weighted by Gasteiger charge is 2.20. The van der Waals surface area contributed by atoms with Crippen molar-refractivity contribution in [2.75, 3.05) is 12.0 Å². The van der Waals surface area contributed by atoms with Crippen LogP contribution in [0.5, 0.6) is 0 Å². The Hall–Kier alpha value is -1.54. The van der Waals surface area contributed by atoms with Crippen molar-refractivity contribution in [3.63, 3.8) is 0 Å². The summed E-state index contributed by atoms with van der Waals surface area (Å²) in [6.07, 6.45) is 8.71. The monoisotopic (exact) mass is 464 g/mol. The molecule has 0 unspecified atom stereocenters. The quantitative estimate of drug-likeness (QED) is 0.225. The second-order valence-electron chi connectivity index (χ2n) is 7.12. The standard InChI is InChI=1S/C21H24N4S3.ClH/c1-26-21-15(11-16(27-21)18(22)23)17-19(24)28-20(25-17)14-9-7-13(8-10-14)12-5-3-2-4-6-12;/h7-12H,2-6,24H2,1H3,(H3,22,23);1H. The predicted molar refractivity (Wildman–Crippen MR) is 131 cm³/mol. The summed E-state index contributed by atoms with van der Waals surface area (Å²) in [5, 5.41) is 9.35. The van der Waals surface area contributed by atoms with E-state index < -0.39 is 0 Å². The summed E-state index contributed by atoms with van der Waals surface area (Å²) < 4.78 is 1.08. The van der Waals surface area contributed by atoms with Gasteiger partial charge in [0.05, 0.1) is 9.09 Å². The van der Waals surface area contributed by atoms with Crippen LogP contribution in [0, 0.1) is 5.41 Å². The van der Waals surface area contributed by atoms with Crippen molar-refractivity contribution >= 4 is 57.7 Å². The number of thioether (sulfide) groups is 1. The molecule has 8 heteroatoms. The Kier molecular flexibility index (Phi) is 7.27. The number of rotatable bonds is 5. The van der Waals surface area contributed by atoms with Crippen LogP contribution in [0.1, 0.15) is 48.5 Å². The van der Waals surface area contributed by atoms with Gasteiger partial charge in [-0.2, -0.15) is 0 Å². The zero-order chi connectivity index (χ0) is 19.7. The maximum Gasteiger partial charge on any atom is 0.133 e. The molecule has 5 N–H and O–H groups in total. The Labute approximate surface area is 190 Å². The number of anilines is 1. The minimum absolute atomic E-state index is 0. The summed E-state index contributed by atoms with van der Waals surface area (Å²) in [5.74, 6) is 0.790. The van der Waals surface area contributed by atoms with Gasteiger partial charge in [-0.25, -0.2) is 4.98 Å². The van der Waals surface area contributed by atoms with Crippen LogP contribution >= 0.6 is 46.8 Å². The summed E-state index contributed by atoms with van der Waals surface area (Å²) in [5.41, 5.74) is 16.3. The van der Waals surface area contributed by atoms with Gasteiger partial charge in [0.15, 0.2) is 0 Å². The van der Waals surface area contributed by atoms with Crippen LogP contribution in [0.4, 0.5) is 5.00 Å². The molecule has 3 aromatic rings. The number of hydrogen-bond acceptors (Lipinski definition) is 6. The number of nitrogens with two attached hydrogens (primary N) is 2. The second-order valence-corrected chi connectivity index (χ2v) is 10.3. The lowest BCUT2D eigenvalue weighted by Gasteiger charge is -2.21. The van der Waals surface area contributed by atoms with Gasteiger partial charge in [-0.3, -0.25) is 5.41 Å². The molecule has 154 valence electrons. The highest BCUT2D eigenvalue weighted by molar-refractivity contribution is 8.00. The van der Waals surface area contributed by atoms with Crippen LogP contribution in [-0.2, 0) is 0 Å². The highest BCUT2D eigenvalue weighted by atomic mass is 35.5. The SMILES string of the molecule is CSc1sc(C(=N)N)cc1-c1nc(-c2ccc(C3CCCCC3)cc2)sc1N.Cl. The lowest BCUT2D eigenvalue weighted by molar-refractivity contribution is 0.443. The molecule has 1 aliphatic carbocycles. The fraction of sp³-hybridized carbons (Fsp3) is 0.333. The van der Waals surface area contributed by atoms with E-state index in [0.29, 0.717) is 10.9 Å². The Bertz CT molecular complexity index is 988. The van der Waals surface area contributed by atoms with Crippen molar-refractivity contribution in [3.05, 3.63) is 40.8 Å². The Morgan fingerprint density at radius 1 is 1.14 bits per heavy atom. The van der Waals surface area contributed by atoms with Crippen molar-refractivity contribution in [3.8, 4) is 21.8 Å². The first-order valence-electron chi connectivity index (χ1n) is 9.46. The van der Waals surface area contributed by atoms with Gasteiger partial charge in [-0.1, -0.05) is 54.9 Å². The molecule has 1 saturated carbocycles. The zero-order valence-electron chi connectivity index (χ0n) is 16.2. The summed E-state index contributed by atoms with van der Waals surface area (Å²) in [7, 11) is 0. The number of nitrogens with one attached hydrogen (secondary N) is 1. The van der Waals surface area contributed by atoms with E-state index in [4.69, 9.17) is 21.9 Å². The average molecular weight is 465 g/mol. The second kappa shape index (κ2) is 9.51. The molecule has 1 aromatic carbocycles. The lowest BCUT2D eigenvalue weighted by Crippen LogP contribution is -2.08. The highest BCUT2D eigenvalue weighted by Crippen LogP contribution is 2.43. The molecular formula is C21H25ClN4S3. The first-order valence-corrected chi connectivity index (χ1v) is 12.3. The van der Waals surface area contributed by atoms with Crippen LogP contribution in [0.15, 0.2) is 34.5 Å². The van der Waals surface area contributed by atoms with E-state index >= 15 is 0 Å². The topological polar surface area (TPSA) is 88.8 Å². The molecular weight excluding hydrogens is 440 g/mol. The van der Waals surface area contributed by atoms with Gasteiger partial charge in [-0.15, -0.1) is 35.5 Å². The molecule has 4 rings (SSSR count). The van der Waals surface area contributed by atoms with E-state index in [1.165, 1.54) is 60.3 Å². The smallest absolute Gasteiger partial charge is 0.133 e. The lowest BCUT2D eigenvalue weighted by atomic mass is 9.84. The maximum absolute atomic E-state index is 7.71. The number of halogens is 1. The molecule has 2 aromatic heterocycles. The normalized spacial score (nSPS) is 14.5. The molecule has 0 amide bonds. The fourth-order valence-electron chi connectivity index (χ4n) is 3.81. The Morgan fingerprint density at radius 2 is 1.83 bits per heavy atom. The van der Waals surface area contributed by atoms with Crippen molar-refractivity contribution in [2.45, 2.75) is 42.2 Å². The summed E-state index contributed by atoms with van der Waals surface area (Å²) in [6.45, 7) is 0. The third-order valence-corrected chi connectivity index (χ3v) is 8.53. The number of benzene rings is 1. The number of aromatic nitrogens is 1. The van der Waals surface area contributed by atoms with E-state index in [1.807, 2.05) is 12.3 Å². The fourth-order valence-corrected chi connectivity index (χ4v) is 6.39. The van der Waals surface area contributed by atoms with E-state index in [1.54, 1.807) is 11.8 Å². The molecule has 0 spiro atoms. The van der Waals surface area contributed by atoms with Gasteiger partial charge in [0.2, 0.25) is 0 Å². The van der Waals surface area contributed by atoms with Gasteiger partial charge in [-0.05, 0) is 36.6 Å². The van der Waals surface area contributed by atoms with Crippen LogP contribution in [0.3, 0.4) is 0 Å². The van der Waals surface area contributed by atoms with Gasteiger partial charge < -0.3 is 11.5 Å². The molecule has 2 heterocycles. The predicted octanol–water partition coefficient (Wildman–Crippen LogP) is 6.60. The van der Waals surface area contributed by atoms with Crippen molar-refractivity contribution in [2.24, 2.45) is 5.73 Å². The molecule has 0 bridgehead atoms. The van der Waals surface area contributed by atoms with Crippen LogP contribution in [0.25, 0.3) is 21.8 Å². The van der Waals surface area contributed by atoms with E-state index in [2.05, 4.69) is 24.3 Å². The van der Waals surface area contributed by atoms with Gasteiger partial charge in [0.25, 0.3) is 0 Å². The molecule has 0 atom stereocenters. The maximum atomic E-state index is 7.71. The van der Waals surface area contributed by atoms with Crippen molar-refractivity contribution in [1.29, 1.82) is 5.41 Å². The van der Waals surface area contributed by atoms with Crippen molar-refractivity contribution < 1.29 is 0 Å². The molecule has 4 nitrogen and oxygen atoms in total. The number of thiophene rings is 1.